The molecule has 126 valence electrons. The van der Waals surface area contributed by atoms with E-state index in [0.717, 1.165) is 12.3 Å². The minimum Gasteiger partial charge on any atom is -0.459 e. The average Bonchev–Trinajstić information content (AvgIpc) is 2.92. The van der Waals surface area contributed by atoms with Crippen LogP contribution in [-0.2, 0) is 18.0 Å². The summed E-state index contributed by atoms with van der Waals surface area (Å²) in [7, 11) is 1.61. The van der Waals surface area contributed by atoms with Gasteiger partial charge in [0.15, 0.2) is 0 Å². The Kier molecular flexibility index (Phi) is 5.08. The highest BCUT2D eigenvalue weighted by molar-refractivity contribution is 5.88. The average molecular weight is 338 g/mol. The molecule has 0 aromatic carbocycles. The predicted octanol–water partition coefficient (Wildman–Crippen LogP) is 2.58. The van der Waals surface area contributed by atoms with Crippen molar-refractivity contribution >= 4 is 11.8 Å². The molecule has 0 spiro atoms. The van der Waals surface area contributed by atoms with Crippen LogP contribution in [0.5, 0.6) is 0 Å². The van der Waals surface area contributed by atoms with Gasteiger partial charge in [0, 0.05) is 19.4 Å². The maximum atomic E-state index is 12.4. The number of rotatable bonds is 5. The van der Waals surface area contributed by atoms with E-state index in [2.05, 4.69) is 10.3 Å². The Hall–Kier alpha value is -3.02. The van der Waals surface area contributed by atoms with Crippen LogP contribution < -0.4 is 5.32 Å². The molecule has 1 N–H and O–H groups in total. The van der Waals surface area contributed by atoms with Crippen molar-refractivity contribution in [1.82, 2.24) is 9.55 Å². The van der Waals surface area contributed by atoms with E-state index < -0.39 is 17.7 Å². The second kappa shape index (κ2) is 7.04. The number of esters is 1. The molecule has 24 heavy (non-hydrogen) atoms. The van der Waals surface area contributed by atoms with Gasteiger partial charge in [-0.05, 0) is 18.2 Å². The van der Waals surface area contributed by atoms with Gasteiger partial charge in [-0.25, -0.2) is 9.78 Å². The van der Waals surface area contributed by atoms with Gasteiger partial charge in [0.1, 0.15) is 24.2 Å². The third kappa shape index (κ3) is 4.25. The van der Waals surface area contributed by atoms with Crippen molar-refractivity contribution in [2.45, 2.75) is 6.18 Å². The van der Waals surface area contributed by atoms with Gasteiger partial charge in [-0.15, -0.1) is 0 Å². The molecule has 0 fully saturated rings. The summed E-state index contributed by atoms with van der Waals surface area (Å²) in [6.45, 7) is 0.175. The molecule has 0 aliphatic rings. The zero-order valence-electron chi connectivity index (χ0n) is 12.6. The Labute approximate surface area is 135 Å². The molecule has 2 aromatic rings. The number of pyridine rings is 1. The fraction of sp³-hybridized carbons (Fsp3) is 0.267. The molecule has 0 radical (unpaired) electrons. The van der Waals surface area contributed by atoms with E-state index in [9.17, 15) is 18.0 Å². The van der Waals surface area contributed by atoms with Crippen LogP contribution in [0.3, 0.4) is 0 Å². The van der Waals surface area contributed by atoms with Gasteiger partial charge in [0.25, 0.3) is 0 Å². The molecule has 0 saturated heterocycles. The molecule has 0 aliphatic carbocycles. The van der Waals surface area contributed by atoms with Crippen molar-refractivity contribution in [3.05, 3.63) is 47.4 Å². The standard InChI is InChI=1S/C15H13F3N4O2/c1-22-9-10(7-19)6-12(22)14(23)24-5-4-20-13-3-2-11(8-21-13)15(16,17)18/h2-3,6,8-9H,4-5H2,1H3,(H,20,21). The van der Waals surface area contributed by atoms with E-state index in [1.54, 1.807) is 7.05 Å². The first-order valence-electron chi connectivity index (χ1n) is 6.82. The van der Waals surface area contributed by atoms with E-state index in [4.69, 9.17) is 10.00 Å². The summed E-state index contributed by atoms with van der Waals surface area (Å²) in [4.78, 5) is 15.5. The van der Waals surface area contributed by atoms with E-state index >= 15 is 0 Å². The zero-order chi connectivity index (χ0) is 17.7. The topological polar surface area (TPSA) is 79.9 Å². The third-order valence-corrected chi connectivity index (χ3v) is 3.08. The van der Waals surface area contributed by atoms with Crippen molar-refractivity contribution in [2.75, 3.05) is 18.5 Å². The van der Waals surface area contributed by atoms with Crippen molar-refractivity contribution < 1.29 is 22.7 Å². The highest BCUT2D eigenvalue weighted by atomic mass is 19.4. The van der Waals surface area contributed by atoms with Gasteiger partial charge in [0.2, 0.25) is 0 Å². The van der Waals surface area contributed by atoms with Gasteiger partial charge in [-0.1, -0.05) is 0 Å². The summed E-state index contributed by atoms with van der Waals surface area (Å²) in [5, 5.41) is 11.5. The van der Waals surface area contributed by atoms with Crippen molar-refractivity contribution in [3.8, 4) is 6.07 Å². The number of carbonyl (C=O) groups excluding carboxylic acids is 1. The molecule has 2 aromatic heterocycles. The number of hydrogen-bond donors (Lipinski definition) is 1. The Morgan fingerprint density at radius 1 is 1.46 bits per heavy atom. The number of nitriles is 1. The molecule has 0 unspecified atom stereocenters. The van der Waals surface area contributed by atoms with Gasteiger partial charge in [0.05, 0.1) is 17.7 Å². The molecule has 0 aliphatic heterocycles. The van der Waals surface area contributed by atoms with Crippen molar-refractivity contribution in [1.29, 1.82) is 5.26 Å². The molecule has 0 atom stereocenters. The number of aromatic nitrogens is 2. The lowest BCUT2D eigenvalue weighted by Crippen LogP contribution is -2.16. The SMILES string of the molecule is Cn1cc(C#N)cc1C(=O)OCCNc1ccc(C(F)(F)F)cn1. The summed E-state index contributed by atoms with van der Waals surface area (Å²) in [5.41, 5.74) is -0.257. The van der Waals surface area contributed by atoms with E-state index in [-0.39, 0.29) is 24.7 Å². The number of ether oxygens (including phenoxy) is 1. The lowest BCUT2D eigenvalue weighted by molar-refractivity contribution is -0.137. The van der Waals surface area contributed by atoms with Crippen LogP contribution in [-0.4, -0.2) is 28.7 Å². The van der Waals surface area contributed by atoms with Crippen LogP contribution in [0.15, 0.2) is 30.6 Å². The van der Waals surface area contributed by atoms with Crippen LogP contribution in [0.2, 0.25) is 0 Å². The van der Waals surface area contributed by atoms with Gasteiger partial charge in [-0.2, -0.15) is 18.4 Å². The van der Waals surface area contributed by atoms with Crippen molar-refractivity contribution in [3.63, 3.8) is 0 Å². The fourth-order valence-corrected chi connectivity index (χ4v) is 1.89. The first-order valence-corrected chi connectivity index (χ1v) is 6.82. The summed E-state index contributed by atoms with van der Waals surface area (Å²) < 4.78 is 43.7. The monoisotopic (exact) mass is 338 g/mol. The first-order chi connectivity index (χ1) is 11.3. The van der Waals surface area contributed by atoms with E-state index in [1.165, 1.54) is 22.9 Å². The Morgan fingerprint density at radius 3 is 2.75 bits per heavy atom. The summed E-state index contributed by atoms with van der Waals surface area (Å²) >= 11 is 0. The second-order valence-corrected chi connectivity index (χ2v) is 4.83. The Balaban J connectivity index is 1.81. The summed E-state index contributed by atoms with van der Waals surface area (Å²) in [6.07, 6.45) is -2.21. The summed E-state index contributed by atoms with van der Waals surface area (Å²) in [5.74, 6) is -0.356. The molecule has 9 heteroatoms. The molecule has 2 heterocycles. The van der Waals surface area contributed by atoms with E-state index in [1.807, 2.05) is 6.07 Å². The van der Waals surface area contributed by atoms with Crippen LogP contribution in [0.1, 0.15) is 21.6 Å². The quantitative estimate of drug-likeness (QED) is 0.669. The predicted molar refractivity (Wildman–Crippen MR) is 78.1 cm³/mol. The van der Waals surface area contributed by atoms with Gasteiger partial charge in [-0.3, -0.25) is 0 Å². The smallest absolute Gasteiger partial charge is 0.417 e. The zero-order valence-corrected chi connectivity index (χ0v) is 12.6. The third-order valence-electron chi connectivity index (χ3n) is 3.08. The molecule has 6 nitrogen and oxygen atoms in total. The maximum Gasteiger partial charge on any atom is 0.417 e. The highest BCUT2D eigenvalue weighted by Crippen LogP contribution is 2.28. The fourth-order valence-electron chi connectivity index (χ4n) is 1.89. The second-order valence-electron chi connectivity index (χ2n) is 4.83. The number of anilines is 1. The molecule has 0 amide bonds. The summed E-state index contributed by atoms with van der Waals surface area (Å²) in [6, 6.07) is 5.43. The van der Waals surface area contributed by atoms with Crippen LogP contribution in [0.4, 0.5) is 19.0 Å². The number of carbonyl (C=O) groups is 1. The van der Waals surface area contributed by atoms with Crippen LogP contribution >= 0.6 is 0 Å². The van der Waals surface area contributed by atoms with Crippen LogP contribution in [0.25, 0.3) is 0 Å². The molecule has 2 rings (SSSR count). The molecular formula is C15H13F3N4O2. The lowest BCUT2D eigenvalue weighted by atomic mass is 10.3. The number of aryl methyl sites for hydroxylation is 1. The van der Waals surface area contributed by atoms with Crippen molar-refractivity contribution in [2.24, 2.45) is 7.05 Å². The van der Waals surface area contributed by atoms with E-state index in [0.29, 0.717) is 5.56 Å². The minimum absolute atomic E-state index is 0.00535. The first kappa shape index (κ1) is 17.3. The molecular weight excluding hydrogens is 325 g/mol. The Morgan fingerprint density at radius 2 is 2.21 bits per heavy atom. The highest BCUT2D eigenvalue weighted by Gasteiger charge is 2.30. The maximum absolute atomic E-state index is 12.4. The van der Waals surface area contributed by atoms with Gasteiger partial charge < -0.3 is 14.6 Å². The minimum atomic E-state index is -4.43. The van der Waals surface area contributed by atoms with Gasteiger partial charge >= 0.3 is 12.1 Å². The largest absolute Gasteiger partial charge is 0.459 e. The normalized spacial score (nSPS) is 11.0. The Bertz CT molecular complexity index is 761. The lowest BCUT2D eigenvalue weighted by Gasteiger charge is -2.09. The number of nitrogens with one attached hydrogen (secondary N) is 1. The number of alkyl halides is 3. The molecule has 0 bridgehead atoms. The number of halogens is 3. The molecule has 0 saturated carbocycles. The number of nitrogens with zero attached hydrogens (tertiary/aromatic N) is 3. The van der Waals surface area contributed by atoms with Crippen LogP contribution in [0, 0.1) is 11.3 Å². The number of hydrogen-bond acceptors (Lipinski definition) is 5.